The molecule has 1 atom stereocenters. The first-order chi connectivity index (χ1) is 13.3. The number of ether oxygens (including phenoxy) is 2. The molecule has 1 unspecified atom stereocenters. The van der Waals surface area contributed by atoms with Gasteiger partial charge in [-0.05, 0) is 43.5 Å². The minimum absolute atomic E-state index is 0.211. The van der Waals surface area contributed by atoms with Crippen molar-refractivity contribution in [3.05, 3.63) is 46.8 Å². The van der Waals surface area contributed by atoms with E-state index in [1.165, 1.54) is 7.11 Å². The summed E-state index contributed by atoms with van der Waals surface area (Å²) in [5, 5.41) is 10.00. The fourth-order valence-corrected chi connectivity index (χ4v) is 3.94. The van der Waals surface area contributed by atoms with Crippen molar-refractivity contribution in [3.63, 3.8) is 0 Å². The molecule has 6 heteroatoms. The van der Waals surface area contributed by atoms with Crippen LogP contribution in [0, 0.1) is 6.92 Å². The van der Waals surface area contributed by atoms with E-state index in [4.69, 9.17) is 9.47 Å². The second kappa shape index (κ2) is 8.50. The zero-order valence-corrected chi connectivity index (χ0v) is 17.5. The highest BCUT2D eigenvalue weighted by atomic mass is 16.5. The lowest BCUT2D eigenvalue weighted by Gasteiger charge is -2.29. The van der Waals surface area contributed by atoms with E-state index in [-0.39, 0.29) is 5.78 Å². The maximum Gasteiger partial charge on any atom is 0.315 e. The van der Waals surface area contributed by atoms with Gasteiger partial charge in [0.15, 0.2) is 0 Å². The van der Waals surface area contributed by atoms with Gasteiger partial charge in [-0.15, -0.1) is 0 Å². The number of carbonyl (C=O) groups excluding carboxylic acids is 1. The number of carboxylic acids is 1. The molecule has 2 rings (SSSR count). The lowest BCUT2D eigenvalue weighted by molar-refractivity contribution is -0.144. The van der Waals surface area contributed by atoms with Crippen molar-refractivity contribution in [2.75, 3.05) is 14.2 Å². The number of nitrogens with zero attached hydrogens (tertiary/aromatic N) is 1. The third kappa shape index (κ3) is 3.51. The van der Waals surface area contributed by atoms with Crippen LogP contribution in [0.5, 0.6) is 11.5 Å². The van der Waals surface area contributed by atoms with Crippen LogP contribution in [0.15, 0.2) is 24.3 Å². The van der Waals surface area contributed by atoms with Gasteiger partial charge in [0, 0.05) is 18.8 Å². The smallest absolute Gasteiger partial charge is 0.315 e. The standard InChI is InChI=1S/C22H29NO5/c1-7-11-22(8-2,21(25)26)18-12-14(3)19(23(18)4)20(24)16-10-9-15(27-5)13-17(16)28-6/h9-10,12-13H,7-8,11H2,1-6H3,(H,25,26). The topological polar surface area (TPSA) is 77.8 Å². The summed E-state index contributed by atoms with van der Waals surface area (Å²) in [6, 6.07) is 6.87. The predicted molar refractivity (Wildman–Crippen MR) is 108 cm³/mol. The molecule has 0 aliphatic heterocycles. The minimum atomic E-state index is -1.02. The quantitative estimate of drug-likeness (QED) is 0.655. The Bertz CT molecular complexity index is 883. The first-order valence-corrected chi connectivity index (χ1v) is 9.44. The van der Waals surface area contributed by atoms with E-state index >= 15 is 0 Å². The zero-order chi connectivity index (χ0) is 21.1. The van der Waals surface area contributed by atoms with Crippen molar-refractivity contribution < 1.29 is 24.2 Å². The van der Waals surface area contributed by atoms with Crippen LogP contribution in [0.2, 0.25) is 0 Å². The lowest BCUT2D eigenvalue weighted by atomic mass is 9.77. The van der Waals surface area contributed by atoms with E-state index in [2.05, 4.69) is 0 Å². The molecule has 0 fully saturated rings. The molecule has 1 aromatic carbocycles. The van der Waals surface area contributed by atoms with Crippen LogP contribution in [0.4, 0.5) is 0 Å². The molecular formula is C22H29NO5. The van der Waals surface area contributed by atoms with E-state index in [0.717, 1.165) is 12.0 Å². The number of carboxylic acid groups (broad SMARTS) is 1. The Morgan fingerprint density at radius 3 is 2.32 bits per heavy atom. The van der Waals surface area contributed by atoms with Crippen LogP contribution in [-0.2, 0) is 17.3 Å². The first-order valence-electron chi connectivity index (χ1n) is 9.44. The van der Waals surface area contributed by atoms with E-state index in [1.54, 1.807) is 36.9 Å². The Balaban J connectivity index is 2.63. The summed E-state index contributed by atoms with van der Waals surface area (Å²) >= 11 is 0. The van der Waals surface area contributed by atoms with Gasteiger partial charge in [0.25, 0.3) is 0 Å². The Morgan fingerprint density at radius 2 is 1.82 bits per heavy atom. The summed E-state index contributed by atoms with van der Waals surface area (Å²) in [6.45, 7) is 5.68. The van der Waals surface area contributed by atoms with E-state index < -0.39 is 11.4 Å². The predicted octanol–water partition coefficient (Wildman–Crippen LogP) is 4.11. The summed E-state index contributed by atoms with van der Waals surface area (Å²) in [7, 11) is 4.81. The third-order valence-corrected chi connectivity index (χ3v) is 5.47. The van der Waals surface area contributed by atoms with Gasteiger partial charge in [0.05, 0.1) is 25.5 Å². The van der Waals surface area contributed by atoms with Gasteiger partial charge in [0.2, 0.25) is 5.78 Å². The molecule has 28 heavy (non-hydrogen) atoms. The highest BCUT2D eigenvalue weighted by Gasteiger charge is 2.41. The van der Waals surface area contributed by atoms with Gasteiger partial charge < -0.3 is 19.1 Å². The number of ketones is 1. The van der Waals surface area contributed by atoms with Crippen LogP contribution in [-0.4, -0.2) is 35.6 Å². The van der Waals surface area contributed by atoms with E-state index in [9.17, 15) is 14.7 Å². The van der Waals surface area contributed by atoms with Crippen molar-refractivity contribution in [1.82, 2.24) is 4.57 Å². The van der Waals surface area contributed by atoms with Gasteiger partial charge in [-0.3, -0.25) is 9.59 Å². The van der Waals surface area contributed by atoms with Crippen molar-refractivity contribution in [2.24, 2.45) is 7.05 Å². The fraction of sp³-hybridized carbons (Fsp3) is 0.455. The average Bonchev–Trinajstić information content (AvgIpc) is 2.99. The zero-order valence-electron chi connectivity index (χ0n) is 17.5. The van der Waals surface area contributed by atoms with Gasteiger partial charge in [-0.1, -0.05) is 20.3 Å². The second-order valence-corrected chi connectivity index (χ2v) is 7.01. The van der Waals surface area contributed by atoms with Crippen molar-refractivity contribution in [1.29, 1.82) is 0 Å². The molecule has 0 radical (unpaired) electrons. The maximum atomic E-state index is 13.3. The van der Waals surface area contributed by atoms with Crippen molar-refractivity contribution in [3.8, 4) is 11.5 Å². The molecule has 0 spiro atoms. The van der Waals surface area contributed by atoms with Gasteiger partial charge in [-0.25, -0.2) is 0 Å². The number of methoxy groups -OCH3 is 2. The molecular weight excluding hydrogens is 358 g/mol. The Morgan fingerprint density at radius 1 is 1.14 bits per heavy atom. The molecule has 0 aliphatic rings. The van der Waals surface area contributed by atoms with Crippen molar-refractivity contribution in [2.45, 2.75) is 45.4 Å². The summed E-state index contributed by atoms with van der Waals surface area (Å²) in [4.78, 5) is 25.5. The summed E-state index contributed by atoms with van der Waals surface area (Å²) < 4.78 is 12.3. The number of hydrogen-bond acceptors (Lipinski definition) is 4. The molecule has 0 bridgehead atoms. The van der Waals surface area contributed by atoms with Crippen LogP contribution in [0.1, 0.15) is 60.4 Å². The van der Waals surface area contributed by atoms with Crippen LogP contribution >= 0.6 is 0 Å². The molecule has 0 saturated carbocycles. The average molecular weight is 387 g/mol. The summed E-state index contributed by atoms with van der Waals surface area (Å²) in [5.74, 6) is -0.0623. The second-order valence-electron chi connectivity index (χ2n) is 7.01. The van der Waals surface area contributed by atoms with Crippen LogP contribution < -0.4 is 9.47 Å². The highest BCUT2D eigenvalue weighted by molar-refractivity contribution is 6.11. The normalized spacial score (nSPS) is 13.1. The molecule has 1 aromatic heterocycles. The van der Waals surface area contributed by atoms with Crippen LogP contribution in [0.25, 0.3) is 0 Å². The third-order valence-electron chi connectivity index (χ3n) is 5.47. The van der Waals surface area contributed by atoms with E-state index in [0.29, 0.717) is 41.3 Å². The number of rotatable bonds is 9. The summed E-state index contributed by atoms with van der Waals surface area (Å²) in [6.07, 6.45) is 1.70. The highest BCUT2D eigenvalue weighted by Crippen LogP contribution is 2.37. The molecule has 0 saturated heterocycles. The molecule has 1 N–H and O–H groups in total. The molecule has 6 nitrogen and oxygen atoms in total. The Labute approximate surface area is 166 Å². The summed E-state index contributed by atoms with van der Waals surface area (Å²) in [5.41, 5.74) is 1.26. The molecule has 1 heterocycles. The number of carbonyl (C=O) groups is 2. The van der Waals surface area contributed by atoms with Crippen molar-refractivity contribution >= 4 is 11.8 Å². The number of benzene rings is 1. The minimum Gasteiger partial charge on any atom is -0.497 e. The molecule has 0 aliphatic carbocycles. The molecule has 152 valence electrons. The Kier molecular flexibility index (Phi) is 6.54. The fourth-order valence-electron chi connectivity index (χ4n) is 3.94. The number of aryl methyl sites for hydroxylation is 1. The molecule has 0 amide bonds. The van der Waals surface area contributed by atoms with Gasteiger partial charge >= 0.3 is 5.97 Å². The van der Waals surface area contributed by atoms with E-state index in [1.807, 2.05) is 26.8 Å². The number of hydrogen-bond donors (Lipinski definition) is 1. The first kappa shape index (κ1) is 21.5. The van der Waals surface area contributed by atoms with Gasteiger partial charge in [0.1, 0.15) is 16.9 Å². The van der Waals surface area contributed by atoms with Gasteiger partial charge in [-0.2, -0.15) is 0 Å². The van der Waals surface area contributed by atoms with Crippen LogP contribution in [0.3, 0.4) is 0 Å². The maximum absolute atomic E-state index is 13.3. The molecule has 2 aromatic rings. The largest absolute Gasteiger partial charge is 0.497 e. The number of aromatic nitrogens is 1. The lowest BCUT2D eigenvalue weighted by Crippen LogP contribution is -2.37. The Hall–Kier alpha value is -2.76. The monoisotopic (exact) mass is 387 g/mol. The number of aliphatic carboxylic acids is 1. The SMILES string of the molecule is CCCC(CC)(C(=O)O)c1cc(C)c(C(=O)c2ccc(OC)cc2OC)n1C.